The summed E-state index contributed by atoms with van der Waals surface area (Å²) in [7, 11) is -4.02. The van der Waals surface area contributed by atoms with Crippen molar-refractivity contribution in [3.63, 3.8) is 0 Å². The lowest BCUT2D eigenvalue weighted by Gasteiger charge is -2.06. The molecule has 1 aromatic heterocycles. The molecule has 4 rings (SSSR count). The number of Topliss-reactive ketones (excluding diaryl/α,β-unsaturated/α-hetero) is 1. The number of para-hydroxylation sites is 1. The molecular weight excluding hydrogens is 364 g/mol. The monoisotopic (exact) mass is 378 g/mol. The second kappa shape index (κ2) is 6.73. The number of rotatable bonds is 5. The van der Waals surface area contributed by atoms with Crippen molar-refractivity contribution < 1.29 is 13.2 Å². The van der Waals surface area contributed by atoms with Gasteiger partial charge in [0.05, 0.1) is 5.69 Å². The number of hydrogen-bond acceptors (Lipinski definition) is 6. The average molecular weight is 378 g/mol. The quantitative estimate of drug-likeness (QED) is 0.495. The topological polar surface area (TPSA) is 94.8 Å². The van der Waals surface area contributed by atoms with E-state index < -0.39 is 21.4 Å². The van der Waals surface area contributed by atoms with Gasteiger partial charge in [0.2, 0.25) is 9.84 Å². The molecule has 8 heteroatoms. The lowest BCUT2D eigenvalue weighted by Crippen LogP contribution is -2.20. The fourth-order valence-corrected chi connectivity index (χ4v) is 3.99. The van der Waals surface area contributed by atoms with Crippen LogP contribution < -0.4 is 0 Å². The lowest BCUT2D eigenvalue weighted by atomic mass is 10.1. The molecule has 3 aromatic carbocycles. The molecule has 0 bridgehead atoms. The van der Waals surface area contributed by atoms with Gasteiger partial charge in [-0.15, -0.1) is 0 Å². The maximum atomic E-state index is 12.8. The number of aromatic nitrogens is 4. The molecule has 7 nitrogen and oxygen atoms in total. The molecule has 134 valence electrons. The van der Waals surface area contributed by atoms with Crippen molar-refractivity contribution in [2.75, 3.05) is 5.75 Å². The standard InChI is InChI=1S/C19H14N4O3S/c24-18(16-11-10-14-6-4-5-7-15(14)12-16)13-27(25,26)19-20-21-22-23(19)17-8-2-1-3-9-17/h1-12H,13H2. The van der Waals surface area contributed by atoms with Crippen LogP contribution in [0.1, 0.15) is 10.4 Å². The van der Waals surface area contributed by atoms with Crippen LogP contribution in [0.15, 0.2) is 78.0 Å². The van der Waals surface area contributed by atoms with Gasteiger partial charge in [-0.25, -0.2) is 8.42 Å². The normalized spacial score (nSPS) is 11.6. The molecule has 0 radical (unpaired) electrons. The highest BCUT2D eigenvalue weighted by atomic mass is 32.2. The van der Waals surface area contributed by atoms with Crippen LogP contribution >= 0.6 is 0 Å². The summed E-state index contributed by atoms with van der Waals surface area (Å²) in [6, 6.07) is 21.3. The van der Waals surface area contributed by atoms with Crippen molar-refractivity contribution in [1.29, 1.82) is 0 Å². The summed E-state index contributed by atoms with van der Waals surface area (Å²) in [6.45, 7) is 0. The third kappa shape index (κ3) is 3.34. The Hall–Kier alpha value is -3.39. The van der Waals surface area contributed by atoms with Crippen LogP contribution in [0, 0.1) is 0 Å². The fourth-order valence-electron chi connectivity index (χ4n) is 2.79. The van der Waals surface area contributed by atoms with E-state index >= 15 is 0 Å². The van der Waals surface area contributed by atoms with E-state index in [1.807, 2.05) is 24.3 Å². The van der Waals surface area contributed by atoms with Gasteiger partial charge in [-0.2, -0.15) is 4.68 Å². The van der Waals surface area contributed by atoms with Gasteiger partial charge in [0.25, 0.3) is 5.16 Å². The average Bonchev–Trinajstić information content (AvgIpc) is 3.19. The zero-order valence-electron chi connectivity index (χ0n) is 14.1. The second-order valence-corrected chi connectivity index (χ2v) is 7.84. The number of hydrogen-bond donors (Lipinski definition) is 0. The Balaban J connectivity index is 1.65. The van der Waals surface area contributed by atoms with Gasteiger partial charge in [0.1, 0.15) is 5.75 Å². The van der Waals surface area contributed by atoms with E-state index in [0.717, 1.165) is 15.5 Å². The Morgan fingerprint density at radius 3 is 2.37 bits per heavy atom. The minimum absolute atomic E-state index is 0.330. The number of tetrazole rings is 1. The molecule has 0 spiro atoms. The van der Waals surface area contributed by atoms with Crippen molar-refractivity contribution >= 4 is 26.4 Å². The smallest absolute Gasteiger partial charge is 0.272 e. The highest BCUT2D eigenvalue weighted by Crippen LogP contribution is 2.18. The maximum Gasteiger partial charge on any atom is 0.272 e. The summed E-state index contributed by atoms with van der Waals surface area (Å²) in [6.07, 6.45) is 0. The van der Waals surface area contributed by atoms with Crippen LogP contribution in [-0.4, -0.2) is 40.2 Å². The van der Waals surface area contributed by atoms with Gasteiger partial charge < -0.3 is 0 Å². The van der Waals surface area contributed by atoms with E-state index in [1.54, 1.807) is 48.5 Å². The van der Waals surface area contributed by atoms with Crippen LogP contribution in [0.25, 0.3) is 16.5 Å². The largest absolute Gasteiger partial charge is 0.293 e. The van der Waals surface area contributed by atoms with Crippen LogP contribution in [0.4, 0.5) is 0 Å². The Kier molecular flexibility index (Phi) is 4.25. The number of carbonyl (C=O) groups excluding carboxylic acids is 1. The van der Waals surface area contributed by atoms with Gasteiger partial charge in [-0.3, -0.25) is 4.79 Å². The minimum atomic E-state index is -4.02. The summed E-state index contributed by atoms with van der Waals surface area (Å²) in [5, 5.41) is 12.3. The summed E-state index contributed by atoms with van der Waals surface area (Å²) < 4.78 is 26.6. The summed E-state index contributed by atoms with van der Waals surface area (Å²) in [5.41, 5.74) is 0.829. The molecule has 0 fully saturated rings. The first kappa shape index (κ1) is 17.0. The lowest BCUT2D eigenvalue weighted by molar-refractivity contribution is 0.102. The first-order chi connectivity index (χ1) is 13.0. The van der Waals surface area contributed by atoms with Crippen molar-refractivity contribution in [1.82, 2.24) is 20.2 Å². The van der Waals surface area contributed by atoms with Gasteiger partial charge in [0, 0.05) is 5.56 Å². The van der Waals surface area contributed by atoms with Gasteiger partial charge in [-0.05, 0) is 39.4 Å². The van der Waals surface area contributed by atoms with Gasteiger partial charge in [-0.1, -0.05) is 59.7 Å². The molecule has 0 saturated heterocycles. The molecule has 0 unspecified atom stereocenters. The van der Waals surface area contributed by atoms with E-state index in [4.69, 9.17) is 0 Å². The number of sulfone groups is 1. The molecule has 0 aliphatic heterocycles. The molecule has 0 aliphatic carbocycles. The Morgan fingerprint density at radius 2 is 1.59 bits per heavy atom. The van der Waals surface area contributed by atoms with E-state index in [-0.39, 0.29) is 5.16 Å². The molecule has 4 aromatic rings. The molecule has 0 atom stereocenters. The van der Waals surface area contributed by atoms with Gasteiger partial charge in [0.15, 0.2) is 5.78 Å². The predicted molar refractivity (Wildman–Crippen MR) is 99.5 cm³/mol. The highest BCUT2D eigenvalue weighted by Gasteiger charge is 2.27. The third-order valence-electron chi connectivity index (χ3n) is 4.11. The molecular formula is C19H14N4O3S. The number of fused-ring (bicyclic) bond motifs is 1. The van der Waals surface area contributed by atoms with E-state index in [1.165, 1.54) is 0 Å². The van der Waals surface area contributed by atoms with Crippen LogP contribution in [0.5, 0.6) is 0 Å². The minimum Gasteiger partial charge on any atom is -0.293 e. The van der Waals surface area contributed by atoms with Crippen LogP contribution in [0.2, 0.25) is 0 Å². The molecule has 0 saturated carbocycles. The second-order valence-electron chi connectivity index (χ2n) is 5.95. The van der Waals surface area contributed by atoms with Gasteiger partial charge >= 0.3 is 0 Å². The molecule has 27 heavy (non-hydrogen) atoms. The summed E-state index contributed by atoms with van der Waals surface area (Å²) in [5.74, 6) is -1.22. The van der Waals surface area contributed by atoms with Crippen molar-refractivity contribution in [2.45, 2.75) is 5.16 Å². The number of nitrogens with zero attached hydrogens (tertiary/aromatic N) is 4. The van der Waals surface area contributed by atoms with E-state index in [2.05, 4.69) is 15.5 Å². The highest BCUT2D eigenvalue weighted by molar-refractivity contribution is 7.92. The Labute approximate surface area is 155 Å². The first-order valence-electron chi connectivity index (χ1n) is 8.13. The summed E-state index contributed by atoms with van der Waals surface area (Å²) in [4.78, 5) is 12.6. The Morgan fingerprint density at radius 1 is 0.889 bits per heavy atom. The van der Waals surface area contributed by atoms with Crippen molar-refractivity contribution in [3.05, 3.63) is 78.4 Å². The predicted octanol–water partition coefficient (Wildman–Crippen LogP) is 2.47. The molecule has 0 amide bonds. The third-order valence-corrected chi connectivity index (χ3v) is 5.57. The maximum absolute atomic E-state index is 12.8. The van der Waals surface area contributed by atoms with E-state index in [0.29, 0.717) is 11.3 Å². The number of carbonyl (C=O) groups is 1. The van der Waals surface area contributed by atoms with Crippen LogP contribution in [-0.2, 0) is 9.84 Å². The Bertz CT molecular complexity index is 1230. The summed E-state index contributed by atoms with van der Waals surface area (Å²) >= 11 is 0. The zero-order chi connectivity index (χ0) is 18.9. The van der Waals surface area contributed by atoms with Crippen molar-refractivity contribution in [2.24, 2.45) is 0 Å². The molecule has 0 aliphatic rings. The fraction of sp³-hybridized carbons (Fsp3) is 0.0526. The SMILES string of the molecule is O=C(CS(=O)(=O)c1nnnn1-c1ccccc1)c1ccc2ccccc2c1. The number of ketones is 1. The number of benzene rings is 3. The zero-order valence-corrected chi connectivity index (χ0v) is 14.9. The van der Waals surface area contributed by atoms with Crippen LogP contribution in [0.3, 0.4) is 0 Å². The first-order valence-corrected chi connectivity index (χ1v) is 9.78. The van der Waals surface area contributed by atoms with Crippen molar-refractivity contribution in [3.8, 4) is 5.69 Å². The molecule has 1 heterocycles. The molecule has 0 N–H and O–H groups in total. The van der Waals surface area contributed by atoms with E-state index in [9.17, 15) is 13.2 Å².